The summed E-state index contributed by atoms with van der Waals surface area (Å²) in [5.41, 5.74) is 0.679. The Morgan fingerprint density at radius 1 is 1.38 bits per heavy atom. The maximum absolute atomic E-state index is 10.5. The first-order valence-corrected chi connectivity index (χ1v) is 5.74. The molecule has 82 valence electrons. The molecule has 0 radical (unpaired) electrons. The molecule has 0 atom stereocenters. The zero-order valence-electron chi connectivity index (χ0n) is 8.71. The van der Waals surface area contributed by atoms with Crippen molar-refractivity contribution >= 4 is 18.0 Å². The van der Waals surface area contributed by atoms with Crippen molar-refractivity contribution in [2.75, 3.05) is 0 Å². The molecule has 5 heteroatoms. The van der Waals surface area contributed by atoms with Gasteiger partial charge in [-0.25, -0.2) is 0 Å². The SMILES string of the molecule is Cc1noc(CSc2ccc(C=O)cc2)n1. The predicted molar refractivity (Wildman–Crippen MR) is 60.4 cm³/mol. The van der Waals surface area contributed by atoms with E-state index >= 15 is 0 Å². The van der Waals surface area contributed by atoms with E-state index in [2.05, 4.69) is 10.1 Å². The number of nitrogens with zero attached hydrogens (tertiary/aromatic N) is 2. The highest BCUT2D eigenvalue weighted by Gasteiger charge is 2.03. The van der Waals surface area contributed by atoms with E-state index < -0.39 is 0 Å². The van der Waals surface area contributed by atoms with E-state index in [4.69, 9.17) is 4.52 Å². The average Bonchev–Trinajstić information content (AvgIpc) is 2.73. The summed E-state index contributed by atoms with van der Waals surface area (Å²) in [5, 5.41) is 3.71. The molecule has 1 heterocycles. The highest BCUT2D eigenvalue weighted by molar-refractivity contribution is 7.98. The first kappa shape index (κ1) is 10.9. The third kappa shape index (κ3) is 2.70. The summed E-state index contributed by atoms with van der Waals surface area (Å²) in [5.74, 6) is 1.90. The molecule has 0 aliphatic rings. The lowest BCUT2D eigenvalue weighted by Crippen LogP contribution is -1.82. The number of rotatable bonds is 4. The summed E-state index contributed by atoms with van der Waals surface area (Å²) in [7, 11) is 0. The zero-order chi connectivity index (χ0) is 11.4. The Morgan fingerprint density at radius 2 is 2.12 bits per heavy atom. The minimum atomic E-state index is 0.613. The summed E-state index contributed by atoms with van der Waals surface area (Å²) < 4.78 is 4.99. The van der Waals surface area contributed by atoms with Crippen LogP contribution in [0.4, 0.5) is 0 Å². The van der Waals surface area contributed by atoms with Gasteiger partial charge in [0.2, 0.25) is 5.89 Å². The molecule has 0 saturated heterocycles. The quantitative estimate of drug-likeness (QED) is 0.601. The molecular weight excluding hydrogens is 224 g/mol. The van der Waals surface area contributed by atoms with Crippen LogP contribution in [0, 0.1) is 6.92 Å². The van der Waals surface area contributed by atoms with Crippen molar-refractivity contribution in [1.82, 2.24) is 10.1 Å². The van der Waals surface area contributed by atoms with Gasteiger partial charge in [-0.05, 0) is 19.1 Å². The lowest BCUT2D eigenvalue weighted by atomic mass is 10.2. The lowest BCUT2D eigenvalue weighted by Gasteiger charge is -1.97. The van der Waals surface area contributed by atoms with Gasteiger partial charge in [0.1, 0.15) is 6.29 Å². The Bertz CT molecular complexity index is 479. The minimum Gasteiger partial charge on any atom is -0.338 e. The van der Waals surface area contributed by atoms with Gasteiger partial charge in [0.05, 0.1) is 5.75 Å². The maximum Gasteiger partial charge on any atom is 0.236 e. The minimum absolute atomic E-state index is 0.613. The molecule has 0 bridgehead atoms. The van der Waals surface area contributed by atoms with Crippen LogP contribution < -0.4 is 0 Å². The molecule has 4 nitrogen and oxygen atoms in total. The second-order valence-corrected chi connectivity index (χ2v) is 4.26. The van der Waals surface area contributed by atoms with Crippen LogP contribution in [0.3, 0.4) is 0 Å². The molecule has 16 heavy (non-hydrogen) atoms. The van der Waals surface area contributed by atoms with Crippen LogP contribution in [0.5, 0.6) is 0 Å². The Hall–Kier alpha value is -1.62. The van der Waals surface area contributed by atoms with Gasteiger partial charge in [-0.1, -0.05) is 17.3 Å². The lowest BCUT2D eigenvalue weighted by molar-refractivity contribution is 0.112. The van der Waals surface area contributed by atoms with E-state index in [1.165, 1.54) is 0 Å². The molecule has 1 aromatic heterocycles. The maximum atomic E-state index is 10.5. The van der Waals surface area contributed by atoms with E-state index in [1.807, 2.05) is 12.1 Å². The Kier molecular flexibility index (Phi) is 3.36. The highest BCUT2D eigenvalue weighted by Crippen LogP contribution is 2.21. The van der Waals surface area contributed by atoms with E-state index in [1.54, 1.807) is 30.8 Å². The molecule has 0 spiro atoms. The number of aldehydes is 1. The van der Waals surface area contributed by atoms with Crippen molar-refractivity contribution in [3.05, 3.63) is 41.5 Å². The third-order valence-electron chi connectivity index (χ3n) is 1.95. The Balaban J connectivity index is 1.96. The van der Waals surface area contributed by atoms with Crippen molar-refractivity contribution in [3.8, 4) is 0 Å². The summed E-state index contributed by atoms with van der Waals surface area (Å²) in [4.78, 5) is 15.6. The molecule has 0 unspecified atom stereocenters. The van der Waals surface area contributed by atoms with E-state index in [0.717, 1.165) is 11.2 Å². The summed E-state index contributed by atoms with van der Waals surface area (Å²) in [6.07, 6.45) is 0.829. The van der Waals surface area contributed by atoms with Crippen LogP contribution in [-0.2, 0) is 5.75 Å². The smallest absolute Gasteiger partial charge is 0.236 e. The standard InChI is InChI=1S/C11H10N2O2S/c1-8-12-11(15-13-8)7-16-10-4-2-9(6-14)3-5-10/h2-6H,7H2,1H3. The van der Waals surface area contributed by atoms with E-state index in [9.17, 15) is 4.79 Å². The number of benzene rings is 1. The van der Waals surface area contributed by atoms with Crippen LogP contribution in [-0.4, -0.2) is 16.4 Å². The number of aryl methyl sites for hydroxylation is 1. The van der Waals surface area contributed by atoms with Crippen molar-refractivity contribution in [3.63, 3.8) is 0 Å². The van der Waals surface area contributed by atoms with Gasteiger partial charge in [-0.2, -0.15) is 4.98 Å². The molecular formula is C11H10N2O2S. The predicted octanol–water partition coefficient (Wildman–Crippen LogP) is 2.48. The Labute approximate surface area is 97.1 Å². The molecule has 0 amide bonds. The Morgan fingerprint density at radius 3 is 2.69 bits per heavy atom. The van der Waals surface area contributed by atoms with Gasteiger partial charge in [0.25, 0.3) is 0 Å². The fourth-order valence-electron chi connectivity index (χ4n) is 1.19. The molecule has 2 aromatic rings. The van der Waals surface area contributed by atoms with Crippen LogP contribution in [0.15, 0.2) is 33.7 Å². The number of thioether (sulfide) groups is 1. The van der Waals surface area contributed by atoms with Gasteiger partial charge in [-0.3, -0.25) is 4.79 Å². The monoisotopic (exact) mass is 234 g/mol. The first-order valence-electron chi connectivity index (χ1n) is 4.75. The van der Waals surface area contributed by atoms with Crippen molar-refractivity contribution < 1.29 is 9.32 Å². The van der Waals surface area contributed by atoms with Gasteiger partial charge >= 0.3 is 0 Å². The van der Waals surface area contributed by atoms with Crippen molar-refractivity contribution in [1.29, 1.82) is 0 Å². The summed E-state index contributed by atoms with van der Waals surface area (Å²) in [6.45, 7) is 1.79. The summed E-state index contributed by atoms with van der Waals surface area (Å²) >= 11 is 1.59. The second kappa shape index (κ2) is 4.94. The van der Waals surface area contributed by atoms with Crippen LogP contribution in [0.1, 0.15) is 22.1 Å². The van der Waals surface area contributed by atoms with Gasteiger partial charge in [0.15, 0.2) is 5.82 Å². The van der Waals surface area contributed by atoms with Crippen molar-refractivity contribution in [2.24, 2.45) is 0 Å². The molecule has 2 rings (SSSR count). The fraction of sp³-hybridized carbons (Fsp3) is 0.182. The van der Waals surface area contributed by atoms with Crippen LogP contribution in [0.2, 0.25) is 0 Å². The zero-order valence-corrected chi connectivity index (χ0v) is 9.53. The molecule has 0 fully saturated rings. The number of carbonyl (C=O) groups is 1. The highest BCUT2D eigenvalue weighted by atomic mass is 32.2. The first-order chi connectivity index (χ1) is 7.78. The summed E-state index contributed by atoms with van der Waals surface area (Å²) in [6, 6.07) is 7.37. The molecule has 0 N–H and O–H groups in total. The van der Waals surface area contributed by atoms with Crippen molar-refractivity contribution in [2.45, 2.75) is 17.6 Å². The third-order valence-corrected chi connectivity index (χ3v) is 2.94. The van der Waals surface area contributed by atoms with Crippen LogP contribution in [0.25, 0.3) is 0 Å². The molecule has 0 aliphatic carbocycles. The van der Waals surface area contributed by atoms with Gasteiger partial charge in [0, 0.05) is 10.5 Å². The largest absolute Gasteiger partial charge is 0.338 e. The number of carbonyl (C=O) groups excluding carboxylic acids is 1. The number of aromatic nitrogens is 2. The number of hydrogen-bond donors (Lipinski definition) is 0. The van der Waals surface area contributed by atoms with Gasteiger partial charge in [-0.15, -0.1) is 11.8 Å². The number of hydrogen-bond acceptors (Lipinski definition) is 5. The van der Waals surface area contributed by atoms with E-state index in [0.29, 0.717) is 23.0 Å². The molecule has 1 aromatic carbocycles. The van der Waals surface area contributed by atoms with Crippen LogP contribution >= 0.6 is 11.8 Å². The average molecular weight is 234 g/mol. The normalized spacial score (nSPS) is 10.3. The topological polar surface area (TPSA) is 56.0 Å². The second-order valence-electron chi connectivity index (χ2n) is 3.21. The molecule has 0 aliphatic heterocycles. The molecule has 0 saturated carbocycles. The fourth-order valence-corrected chi connectivity index (χ4v) is 1.92. The van der Waals surface area contributed by atoms with Gasteiger partial charge < -0.3 is 4.52 Å². The van der Waals surface area contributed by atoms with E-state index in [-0.39, 0.29) is 0 Å².